The number of hydrogen-bond donors (Lipinski definition) is 1. The third kappa shape index (κ3) is 3.13. The number of para-hydroxylation sites is 1. The average molecular weight is 304 g/mol. The lowest BCUT2D eigenvalue weighted by Crippen LogP contribution is -2.30. The molecule has 0 saturated heterocycles. The number of ether oxygens (including phenoxy) is 1. The Morgan fingerprint density at radius 1 is 0.739 bits per heavy atom. The lowest BCUT2D eigenvalue weighted by Gasteiger charge is -2.30. The smallest absolute Gasteiger partial charge is 0.122 e. The molecule has 1 N–H and O–H groups in total. The highest BCUT2D eigenvalue weighted by Gasteiger charge is 2.32. The summed E-state index contributed by atoms with van der Waals surface area (Å²) < 4.78 is 5.45. The Balaban J connectivity index is 2.10. The highest BCUT2D eigenvalue weighted by molar-refractivity contribution is 5.42. The Morgan fingerprint density at radius 3 is 1.74 bits per heavy atom. The third-order valence-electron chi connectivity index (χ3n) is 4.14. The summed E-state index contributed by atoms with van der Waals surface area (Å²) in [5.41, 5.74) is 1.62. The van der Waals surface area contributed by atoms with Crippen molar-refractivity contribution in [2.24, 2.45) is 0 Å². The lowest BCUT2D eigenvalue weighted by atomic mass is 9.81. The van der Waals surface area contributed by atoms with Crippen LogP contribution in [0.1, 0.15) is 16.7 Å². The Hall–Kier alpha value is -2.58. The van der Waals surface area contributed by atoms with Crippen molar-refractivity contribution < 1.29 is 9.84 Å². The Labute approximate surface area is 137 Å². The van der Waals surface area contributed by atoms with Gasteiger partial charge in [0.1, 0.15) is 11.4 Å². The van der Waals surface area contributed by atoms with Crippen LogP contribution in [0.2, 0.25) is 0 Å². The summed E-state index contributed by atoms with van der Waals surface area (Å²) in [6, 6.07) is 27.4. The SMILES string of the molecule is COc1ccccc1CC(O)(c1ccccc1)c1ccccc1. The second-order valence-corrected chi connectivity index (χ2v) is 5.58. The van der Waals surface area contributed by atoms with Gasteiger partial charge in [0.2, 0.25) is 0 Å². The topological polar surface area (TPSA) is 29.5 Å². The maximum atomic E-state index is 11.6. The molecule has 0 aromatic heterocycles. The van der Waals surface area contributed by atoms with Crippen LogP contribution in [0, 0.1) is 0 Å². The normalized spacial score (nSPS) is 11.2. The predicted octanol–water partition coefficient (Wildman–Crippen LogP) is 4.17. The average Bonchev–Trinajstić information content (AvgIpc) is 2.63. The molecule has 0 heterocycles. The molecule has 23 heavy (non-hydrogen) atoms. The zero-order chi connectivity index (χ0) is 16.1. The molecular formula is C21H20O2. The van der Waals surface area contributed by atoms with Crippen molar-refractivity contribution in [2.75, 3.05) is 7.11 Å². The van der Waals surface area contributed by atoms with Crippen LogP contribution in [0.25, 0.3) is 0 Å². The first-order chi connectivity index (χ1) is 11.2. The first-order valence-electron chi connectivity index (χ1n) is 7.69. The van der Waals surface area contributed by atoms with Crippen LogP contribution in [0.5, 0.6) is 5.75 Å². The van der Waals surface area contributed by atoms with E-state index in [-0.39, 0.29) is 0 Å². The Bertz CT molecular complexity index is 712. The largest absolute Gasteiger partial charge is 0.496 e. The van der Waals surface area contributed by atoms with E-state index in [4.69, 9.17) is 4.74 Å². The molecule has 0 bridgehead atoms. The second-order valence-electron chi connectivity index (χ2n) is 5.58. The van der Waals surface area contributed by atoms with Crippen LogP contribution in [0.4, 0.5) is 0 Å². The molecule has 0 aliphatic carbocycles. The van der Waals surface area contributed by atoms with Crippen molar-refractivity contribution in [3.63, 3.8) is 0 Å². The highest BCUT2D eigenvalue weighted by atomic mass is 16.5. The molecule has 0 amide bonds. The van der Waals surface area contributed by atoms with Gasteiger partial charge in [-0.2, -0.15) is 0 Å². The maximum absolute atomic E-state index is 11.6. The molecule has 0 aliphatic rings. The number of rotatable bonds is 5. The van der Waals surface area contributed by atoms with E-state index in [1.165, 1.54) is 0 Å². The highest BCUT2D eigenvalue weighted by Crippen LogP contribution is 2.35. The fraction of sp³-hybridized carbons (Fsp3) is 0.143. The van der Waals surface area contributed by atoms with Gasteiger partial charge in [0.05, 0.1) is 7.11 Å². The second kappa shape index (κ2) is 6.67. The summed E-state index contributed by atoms with van der Waals surface area (Å²) in [5.74, 6) is 0.790. The summed E-state index contributed by atoms with van der Waals surface area (Å²) in [4.78, 5) is 0. The number of hydrogen-bond acceptors (Lipinski definition) is 2. The summed E-state index contributed by atoms with van der Waals surface area (Å²) in [5, 5.41) is 11.6. The molecule has 116 valence electrons. The Morgan fingerprint density at radius 2 is 1.22 bits per heavy atom. The van der Waals surface area contributed by atoms with Crippen molar-refractivity contribution in [3.05, 3.63) is 102 Å². The molecular weight excluding hydrogens is 284 g/mol. The number of aliphatic hydroxyl groups is 1. The van der Waals surface area contributed by atoms with Crippen molar-refractivity contribution in [3.8, 4) is 5.75 Å². The van der Waals surface area contributed by atoms with Crippen LogP contribution in [0.15, 0.2) is 84.9 Å². The fourth-order valence-electron chi connectivity index (χ4n) is 2.92. The van der Waals surface area contributed by atoms with Gasteiger partial charge in [0.25, 0.3) is 0 Å². The third-order valence-corrected chi connectivity index (χ3v) is 4.14. The number of benzene rings is 3. The van der Waals surface area contributed by atoms with E-state index in [9.17, 15) is 5.11 Å². The van der Waals surface area contributed by atoms with Crippen molar-refractivity contribution >= 4 is 0 Å². The van der Waals surface area contributed by atoms with E-state index in [2.05, 4.69) is 0 Å². The van der Waals surface area contributed by atoms with Crippen LogP contribution in [0.3, 0.4) is 0 Å². The predicted molar refractivity (Wildman–Crippen MR) is 92.6 cm³/mol. The van der Waals surface area contributed by atoms with Crippen LogP contribution in [-0.2, 0) is 12.0 Å². The van der Waals surface area contributed by atoms with E-state index in [1.54, 1.807) is 7.11 Å². The van der Waals surface area contributed by atoms with Crippen LogP contribution >= 0.6 is 0 Å². The van der Waals surface area contributed by atoms with E-state index in [1.807, 2.05) is 84.9 Å². The minimum absolute atomic E-state index is 0.449. The first kappa shape index (κ1) is 15.3. The summed E-state index contributed by atoms with van der Waals surface area (Å²) >= 11 is 0. The van der Waals surface area contributed by atoms with Crippen molar-refractivity contribution in [1.82, 2.24) is 0 Å². The van der Waals surface area contributed by atoms with E-state index >= 15 is 0 Å². The Kier molecular flexibility index (Phi) is 4.45. The van der Waals surface area contributed by atoms with Gasteiger partial charge in [0.15, 0.2) is 0 Å². The zero-order valence-corrected chi connectivity index (χ0v) is 13.1. The van der Waals surface area contributed by atoms with Gasteiger partial charge in [-0.05, 0) is 22.8 Å². The van der Waals surface area contributed by atoms with Crippen LogP contribution in [-0.4, -0.2) is 12.2 Å². The van der Waals surface area contributed by atoms with Crippen LogP contribution < -0.4 is 4.74 Å². The minimum Gasteiger partial charge on any atom is -0.496 e. The van der Waals surface area contributed by atoms with E-state index in [0.717, 1.165) is 22.4 Å². The minimum atomic E-state index is -1.10. The first-order valence-corrected chi connectivity index (χ1v) is 7.69. The molecule has 0 aliphatic heterocycles. The van der Waals surface area contributed by atoms with Gasteiger partial charge < -0.3 is 9.84 Å². The molecule has 3 aromatic carbocycles. The molecule has 0 spiro atoms. The van der Waals surface area contributed by atoms with E-state index < -0.39 is 5.60 Å². The monoisotopic (exact) mass is 304 g/mol. The molecule has 2 heteroatoms. The molecule has 2 nitrogen and oxygen atoms in total. The van der Waals surface area contributed by atoms with Crippen molar-refractivity contribution in [2.45, 2.75) is 12.0 Å². The molecule has 0 atom stereocenters. The summed E-state index contributed by atoms with van der Waals surface area (Å²) in [7, 11) is 1.66. The fourth-order valence-corrected chi connectivity index (χ4v) is 2.92. The summed E-state index contributed by atoms with van der Waals surface area (Å²) in [6.45, 7) is 0. The van der Waals surface area contributed by atoms with Gasteiger partial charge in [-0.1, -0.05) is 78.9 Å². The molecule has 0 radical (unpaired) electrons. The van der Waals surface area contributed by atoms with Gasteiger partial charge in [0, 0.05) is 6.42 Å². The zero-order valence-electron chi connectivity index (χ0n) is 13.1. The molecule has 3 rings (SSSR count). The van der Waals surface area contributed by atoms with Gasteiger partial charge in [-0.25, -0.2) is 0 Å². The molecule has 0 fully saturated rings. The van der Waals surface area contributed by atoms with Crippen molar-refractivity contribution in [1.29, 1.82) is 0 Å². The summed E-state index contributed by atoms with van der Waals surface area (Å²) in [6.07, 6.45) is 0.449. The maximum Gasteiger partial charge on any atom is 0.122 e. The van der Waals surface area contributed by atoms with E-state index in [0.29, 0.717) is 6.42 Å². The lowest BCUT2D eigenvalue weighted by molar-refractivity contribution is 0.0804. The molecule has 3 aromatic rings. The standard InChI is InChI=1S/C21H20O2/c1-23-20-15-9-8-10-17(20)16-21(22,18-11-4-2-5-12-18)19-13-6-3-7-14-19/h2-15,22H,16H2,1H3. The molecule has 0 unspecified atom stereocenters. The number of methoxy groups -OCH3 is 1. The molecule has 0 saturated carbocycles. The van der Waals surface area contributed by atoms with Gasteiger partial charge in [-0.15, -0.1) is 0 Å². The quantitative estimate of drug-likeness (QED) is 0.766. The van der Waals surface area contributed by atoms with Gasteiger partial charge >= 0.3 is 0 Å². The van der Waals surface area contributed by atoms with Gasteiger partial charge in [-0.3, -0.25) is 0 Å².